The number of phenols is 1. The molecule has 0 bridgehead atoms. The summed E-state index contributed by atoms with van der Waals surface area (Å²) in [7, 11) is 0. The maximum absolute atomic E-state index is 10.1. The van der Waals surface area contributed by atoms with Gasteiger partial charge in [-0.05, 0) is 24.1 Å². The van der Waals surface area contributed by atoms with Crippen molar-refractivity contribution in [3.8, 4) is 5.75 Å². The summed E-state index contributed by atoms with van der Waals surface area (Å²) in [5.41, 5.74) is 1.66. The van der Waals surface area contributed by atoms with Crippen LogP contribution in [0.4, 0.5) is 0 Å². The molecule has 1 aromatic carbocycles. The van der Waals surface area contributed by atoms with Crippen molar-refractivity contribution in [2.45, 2.75) is 19.4 Å². The Morgan fingerprint density at radius 3 is 3.00 bits per heavy atom. The van der Waals surface area contributed by atoms with Crippen LogP contribution in [0, 0.1) is 0 Å². The van der Waals surface area contributed by atoms with Crippen molar-refractivity contribution in [1.82, 2.24) is 5.32 Å². The van der Waals surface area contributed by atoms with Crippen LogP contribution in [0.1, 0.15) is 24.2 Å². The second-order valence-corrected chi connectivity index (χ2v) is 4.36. The van der Waals surface area contributed by atoms with Gasteiger partial charge in [-0.3, -0.25) is 0 Å². The van der Waals surface area contributed by atoms with E-state index in [-0.39, 0.29) is 6.10 Å². The van der Waals surface area contributed by atoms with Crippen LogP contribution < -0.4 is 5.32 Å². The highest BCUT2D eigenvalue weighted by Crippen LogP contribution is 2.33. The van der Waals surface area contributed by atoms with Gasteiger partial charge >= 0.3 is 0 Å². The molecule has 16 heavy (non-hydrogen) atoms. The Hall–Kier alpha value is -0.770. The van der Waals surface area contributed by atoms with E-state index in [2.05, 4.69) is 5.32 Å². The second-order valence-electron chi connectivity index (χ2n) is 3.92. The number of ether oxygens (including phenoxy) is 1. The minimum absolute atomic E-state index is 0.0993. The Morgan fingerprint density at radius 2 is 2.38 bits per heavy atom. The molecule has 1 saturated heterocycles. The average Bonchev–Trinajstić information content (AvgIpc) is 2.33. The molecule has 0 aliphatic carbocycles. The largest absolute Gasteiger partial charge is 0.507 e. The summed E-state index contributed by atoms with van der Waals surface area (Å²) >= 11 is 6.03. The van der Waals surface area contributed by atoms with Gasteiger partial charge < -0.3 is 15.2 Å². The van der Waals surface area contributed by atoms with Gasteiger partial charge in [0.05, 0.1) is 12.7 Å². The van der Waals surface area contributed by atoms with Gasteiger partial charge in [-0.15, -0.1) is 0 Å². The zero-order valence-electron chi connectivity index (χ0n) is 9.29. The molecule has 1 aliphatic heterocycles. The highest BCUT2D eigenvalue weighted by molar-refractivity contribution is 6.30. The van der Waals surface area contributed by atoms with Crippen LogP contribution in [-0.4, -0.2) is 24.8 Å². The van der Waals surface area contributed by atoms with E-state index in [4.69, 9.17) is 16.3 Å². The van der Waals surface area contributed by atoms with E-state index in [9.17, 15) is 5.11 Å². The predicted molar refractivity (Wildman–Crippen MR) is 64.1 cm³/mol. The van der Waals surface area contributed by atoms with Crippen molar-refractivity contribution in [1.29, 1.82) is 0 Å². The number of benzene rings is 1. The maximum atomic E-state index is 10.1. The summed E-state index contributed by atoms with van der Waals surface area (Å²) in [6, 6.07) is 3.59. The van der Waals surface area contributed by atoms with Crippen molar-refractivity contribution in [2.24, 2.45) is 0 Å². The first-order chi connectivity index (χ1) is 7.72. The van der Waals surface area contributed by atoms with Crippen LogP contribution in [-0.2, 0) is 11.2 Å². The van der Waals surface area contributed by atoms with E-state index < -0.39 is 0 Å². The number of halogens is 1. The molecule has 1 aliphatic rings. The summed E-state index contributed by atoms with van der Waals surface area (Å²) in [6.45, 7) is 4.24. The van der Waals surface area contributed by atoms with Gasteiger partial charge in [0.1, 0.15) is 5.75 Å². The normalized spacial score (nSPS) is 21.0. The minimum Gasteiger partial charge on any atom is -0.507 e. The zero-order chi connectivity index (χ0) is 11.5. The van der Waals surface area contributed by atoms with E-state index in [0.29, 0.717) is 17.4 Å². The Labute approximate surface area is 100 Å². The van der Waals surface area contributed by atoms with Gasteiger partial charge in [-0.1, -0.05) is 18.5 Å². The Morgan fingerprint density at radius 1 is 1.56 bits per heavy atom. The van der Waals surface area contributed by atoms with Crippen LogP contribution in [0.2, 0.25) is 5.02 Å². The van der Waals surface area contributed by atoms with Crippen molar-refractivity contribution in [3.05, 3.63) is 28.3 Å². The van der Waals surface area contributed by atoms with Crippen LogP contribution in [0.3, 0.4) is 0 Å². The molecular weight excluding hydrogens is 226 g/mol. The number of morpholine rings is 1. The summed E-state index contributed by atoms with van der Waals surface area (Å²) in [5.74, 6) is 0.320. The molecule has 2 N–H and O–H groups in total. The van der Waals surface area contributed by atoms with Crippen molar-refractivity contribution in [3.63, 3.8) is 0 Å². The Balaban J connectivity index is 2.34. The molecule has 88 valence electrons. The van der Waals surface area contributed by atoms with Gasteiger partial charge in [-0.25, -0.2) is 0 Å². The maximum Gasteiger partial charge on any atom is 0.124 e. The monoisotopic (exact) mass is 241 g/mol. The molecule has 1 aromatic rings. The van der Waals surface area contributed by atoms with Crippen LogP contribution in [0.5, 0.6) is 5.75 Å². The molecule has 1 fully saturated rings. The first kappa shape index (κ1) is 11.7. The predicted octanol–water partition coefficient (Wildman–Crippen LogP) is 2.27. The quantitative estimate of drug-likeness (QED) is 0.835. The second kappa shape index (κ2) is 5.04. The fourth-order valence-corrected chi connectivity index (χ4v) is 2.21. The summed E-state index contributed by atoms with van der Waals surface area (Å²) in [4.78, 5) is 0. The van der Waals surface area contributed by atoms with Gasteiger partial charge in [0.15, 0.2) is 0 Å². The lowest BCUT2D eigenvalue weighted by Gasteiger charge is -2.25. The molecule has 1 unspecified atom stereocenters. The van der Waals surface area contributed by atoms with E-state index in [1.807, 2.05) is 6.92 Å². The summed E-state index contributed by atoms with van der Waals surface area (Å²) in [6.07, 6.45) is 0.664. The molecule has 0 aromatic heterocycles. The van der Waals surface area contributed by atoms with E-state index in [1.165, 1.54) is 0 Å². The average molecular weight is 242 g/mol. The molecule has 1 atom stereocenters. The highest BCUT2D eigenvalue weighted by atomic mass is 35.5. The molecule has 0 spiro atoms. The fraction of sp³-hybridized carbons (Fsp3) is 0.500. The molecular formula is C12H16ClNO2. The third-order valence-electron chi connectivity index (χ3n) is 2.84. The van der Waals surface area contributed by atoms with Crippen LogP contribution in [0.25, 0.3) is 0 Å². The summed E-state index contributed by atoms with van der Waals surface area (Å²) < 4.78 is 5.62. The van der Waals surface area contributed by atoms with Gasteiger partial charge in [0.25, 0.3) is 0 Å². The van der Waals surface area contributed by atoms with E-state index in [1.54, 1.807) is 12.1 Å². The Kier molecular flexibility index (Phi) is 3.69. The van der Waals surface area contributed by atoms with Gasteiger partial charge in [0, 0.05) is 23.7 Å². The van der Waals surface area contributed by atoms with Crippen molar-refractivity contribution < 1.29 is 9.84 Å². The number of hydrogen-bond acceptors (Lipinski definition) is 3. The SMILES string of the molecule is CCc1cc(Cl)cc(C2CNCCO2)c1O. The Bertz CT molecular complexity index is 376. The van der Waals surface area contributed by atoms with Crippen molar-refractivity contribution in [2.75, 3.05) is 19.7 Å². The lowest BCUT2D eigenvalue weighted by atomic mass is 10.0. The molecule has 0 amide bonds. The number of nitrogens with one attached hydrogen (secondary N) is 1. The molecule has 1 heterocycles. The van der Waals surface area contributed by atoms with Crippen LogP contribution >= 0.6 is 11.6 Å². The first-order valence-electron chi connectivity index (χ1n) is 5.56. The fourth-order valence-electron chi connectivity index (χ4n) is 1.96. The number of aryl methyl sites for hydroxylation is 1. The molecule has 4 heteroatoms. The number of rotatable bonds is 2. The van der Waals surface area contributed by atoms with Crippen molar-refractivity contribution >= 4 is 11.6 Å². The van der Waals surface area contributed by atoms with Crippen LogP contribution in [0.15, 0.2) is 12.1 Å². The third-order valence-corrected chi connectivity index (χ3v) is 3.06. The molecule has 0 radical (unpaired) electrons. The lowest BCUT2D eigenvalue weighted by molar-refractivity contribution is 0.0262. The number of hydrogen-bond donors (Lipinski definition) is 2. The first-order valence-corrected chi connectivity index (χ1v) is 5.93. The van der Waals surface area contributed by atoms with E-state index in [0.717, 1.165) is 30.6 Å². The van der Waals surface area contributed by atoms with Gasteiger partial charge in [0.2, 0.25) is 0 Å². The molecule has 2 rings (SSSR count). The minimum atomic E-state index is -0.0993. The highest BCUT2D eigenvalue weighted by Gasteiger charge is 2.20. The number of phenolic OH excluding ortho intramolecular Hbond substituents is 1. The molecule has 0 saturated carbocycles. The van der Waals surface area contributed by atoms with E-state index >= 15 is 0 Å². The topological polar surface area (TPSA) is 41.5 Å². The third kappa shape index (κ3) is 2.32. The summed E-state index contributed by atoms with van der Waals surface area (Å²) in [5, 5.41) is 14.0. The molecule has 3 nitrogen and oxygen atoms in total. The smallest absolute Gasteiger partial charge is 0.124 e. The number of aromatic hydroxyl groups is 1. The lowest BCUT2D eigenvalue weighted by Crippen LogP contribution is -2.33. The van der Waals surface area contributed by atoms with Gasteiger partial charge in [-0.2, -0.15) is 0 Å². The zero-order valence-corrected chi connectivity index (χ0v) is 10.0. The standard InChI is InChI=1S/C12H16ClNO2/c1-2-8-5-9(13)6-10(12(8)15)11-7-14-3-4-16-11/h5-6,11,14-15H,2-4,7H2,1H3.